The smallest absolute Gasteiger partial charge is 0.249 e. The number of amides is 2. The van der Waals surface area contributed by atoms with Gasteiger partial charge >= 0.3 is 0 Å². The summed E-state index contributed by atoms with van der Waals surface area (Å²) < 4.78 is 0. The van der Waals surface area contributed by atoms with Gasteiger partial charge in [-0.2, -0.15) is 5.17 Å². The highest BCUT2D eigenvalue weighted by molar-refractivity contribution is 5.89. The van der Waals surface area contributed by atoms with Gasteiger partial charge in [-0.05, 0) is 12.0 Å². The fourth-order valence-corrected chi connectivity index (χ4v) is 2.26. The van der Waals surface area contributed by atoms with Gasteiger partial charge in [-0.25, -0.2) is 0 Å². The average molecular weight is 368 g/mol. The van der Waals surface area contributed by atoms with E-state index in [1.54, 1.807) is 44.4 Å². The maximum absolute atomic E-state index is 12.3. The lowest BCUT2D eigenvalue weighted by Gasteiger charge is -2.35. The summed E-state index contributed by atoms with van der Waals surface area (Å²) in [5.74, 6) is -0.892. The largest absolute Gasteiger partial charge is 0.581 e. The Morgan fingerprint density at radius 3 is 2.38 bits per heavy atom. The molecule has 2 amide bonds. The number of nitrogens with two attached hydrogens (primary N) is 1. The standard InChI is InChI=1S/C16H28N6O4/c1-4-8-13(17)21(25)22(26)18-11-14(23)19-15(16(24)20(2)3)12-9-6-5-7-10-12/h5-7,9-10,13,15,18,21-22H,4,8,11,17H2,1-3H3,(H,19,23). The normalized spacial score (nSPS) is 15.6. The van der Waals surface area contributed by atoms with E-state index in [2.05, 4.69) is 10.7 Å². The number of benzene rings is 1. The average Bonchev–Trinajstić information content (AvgIpc) is 2.63. The van der Waals surface area contributed by atoms with Gasteiger partial charge in [0.25, 0.3) is 0 Å². The Morgan fingerprint density at radius 1 is 1.23 bits per heavy atom. The molecule has 0 spiro atoms. The van der Waals surface area contributed by atoms with E-state index in [9.17, 15) is 20.0 Å². The van der Waals surface area contributed by atoms with Crippen LogP contribution < -0.4 is 26.9 Å². The second-order valence-electron chi connectivity index (χ2n) is 6.09. The molecule has 146 valence electrons. The van der Waals surface area contributed by atoms with Crippen LogP contribution in [0.2, 0.25) is 0 Å². The van der Waals surface area contributed by atoms with Crippen molar-refractivity contribution in [2.45, 2.75) is 32.0 Å². The molecular formula is C16H28N6O4. The van der Waals surface area contributed by atoms with Crippen molar-refractivity contribution < 1.29 is 20.0 Å². The number of rotatable bonds is 10. The first kappa shape index (κ1) is 22.0. The summed E-state index contributed by atoms with van der Waals surface area (Å²) in [6.07, 6.45) is 0.188. The Balaban J connectivity index is 2.66. The molecule has 4 unspecified atom stereocenters. The van der Waals surface area contributed by atoms with Gasteiger partial charge in [0.2, 0.25) is 11.8 Å². The first-order chi connectivity index (χ1) is 12.3. The van der Waals surface area contributed by atoms with Crippen molar-refractivity contribution in [2.75, 3.05) is 20.6 Å². The fraction of sp³-hybridized carbons (Fsp3) is 0.500. The molecule has 0 saturated heterocycles. The third-order valence-corrected chi connectivity index (χ3v) is 3.70. The lowest BCUT2D eigenvalue weighted by atomic mass is 10.1. The molecule has 1 aromatic carbocycles. The molecule has 6 N–H and O–H groups in total. The summed E-state index contributed by atoms with van der Waals surface area (Å²) in [7, 11) is 3.17. The van der Waals surface area contributed by atoms with Crippen LogP contribution >= 0.6 is 0 Å². The minimum absolute atomic E-state index is 0.308. The van der Waals surface area contributed by atoms with Crippen LogP contribution in [0.15, 0.2) is 30.3 Å². The minimum Gasteiger partial charge on any atom is -0.581 e. The van der Waals surface area contributed by atoms with Crippen LogP contribution in [-0.4, -0.2) is 43.5 Å². The highest BCUT2D eigenvalue weighted by Gasteiger charge is 2.24. The van der Waals surface area contributed by atoms with Gasteiger partial charge in [-0.1, -0.05) is 37.3 Å². The van der Waals surface area contributed by atoms with Crippen LogP contribution in [0.5, 0.6) is 0 Å². The van der Waals surface area contributed by atoms with E-state index in [-0.39, 0.29) is 5.91 Å². The van der Waals surface area contributed by atoms with Crippen LogP contribution in [0.25, 0.3) is 0 Å². The van der Waals surface area contributed by atoms with Gasteiger partial charge in [0.05, 0.1) is 0 Å². The summed E-state index contributed by atoms with van der Waals surface area (Å²) in [6.45, 7) is 1.43. The van der Waals surface area contributed by atoms with Crippen LogP contribution in [0, 0.1) is 10.4 Å². The molecule has 1 rings (SSSR count). The SMILES string of the molecule is CCCC(N)[NH+]([O-])[NH+]([O-])NCC(=O)NC(C(=O)N(C)C)c1ccccc1. The molecule has 0 radical (unpaired) electrons. The Labute approximate surface area is 153 Å². The molecule has 0 bridgehead atoms. The maximum atomic E-state index is 12.3. The predicted molar refractivity (Wildman–Crippen MR) is 95.6 cm³/mol. The molecule has 0 saturated carbocycles. The summed E-state index contributed by atoms with van der Waals surface area (Å²) in [6, 6.07) is 7.87. The van der Waals surface area contributed by atoms with Crippen LogP contribution in [-0.2, 0) is 9.59 Å². The Kier molecular flexibility index (Phi) is 9.13. The molecule has 0 aliphatic carbocycles. The first-order valence-electron chi connectivity index (χ1n) is 8.41. The number of carbonyl (C=O) groups excluding carboxylic acids is 2. The summed E-state index contributed by atoms with van der Waals surface area (Å²) in [4.78, 5) is 25.8. The Bertz CT molecular complexity index is 571. The molecule has 4 atom stereocenters. The third kappa shape index (κ3) is 6.67. The summed E-state index contributed by atoms with van der Waals surface area (Å²) >= 11 is 0. The highest BCUT2D eigenvalue weighted by atomic mass is 16.7. The van der Waals surface area contributed by atoms with E-state index >= 15 is 0 Å². The zero-order chi connectivity index (χ0) is 19.7. The lowest BCUT2D eigenvalue weighted by Crippen LogP contribution is -3.60. The number of nitrogens with one attached hydrogen (secondary N) is 4. The Hall–Kier alpha value is -2.08. The van der Waals surface area contributed by atoms with E-state index in [0.717, 1.165) is 0 Å². The number of quaternary nitrogens is 2. The van der Waals surface area contributed by atoms with Gasteiger partial charge in [-0.3, -0.25) is 15.3 Å². The second kappa shape index (κ2) is 10.8. The zero-order valence-corrected chi connectivity index (χ0v) is 15.3. The topological polar surface area (TPSA) is 142 Å². The van der Waals surface area contributed by atoms with Crippen LogP contribution in [0.1, 0.15) is 31.4 Å². The summed E-state index contributed by atoms with van der Waals surface area (Å²) in [5, 5.41) is 24.4. The molecule has 1 aromatic rings. The number of hydroxylamine groups is 1. The monoisotopic (exact) mass is 368 g/mol. The predicted octanol–water partition coefficient (Wildman–Crippen LogP) is -2.80. The second-order valence-corrected chi connectivity index (χ2v) is 6.09. The summed E-state index contributed by atoms with van der Waals surface area (Å²) in [5.41, 5.74) is 8.46. The molecule has 0 aliphatic heterocycles. The van der Waals surface area contributed by atoms with Crippen molar-refractivity contribution in [1.82, 2.24) is 15.6 Å². The van der Waals surface area contributed by atoms with Gasteiger partial charge in [-0.15, -0.1) is 10.7 Å². The number of hydrogen-bond acceptors (Lipinski definition) is 6. The fourth-order valence-electron chi connectivity index (χ4n) is 2.26. The molecule has 0 fully saturated rings. The highest BCUT2D eigenvalue weighted by Crippen LogP contribution is 2.14. The van der Waals surface area contributed by atoms with Gasteiger partial charge in [0.1, 0.15) is 12.6 Å². The van der Waals surface area contributed by atoms with Crippen molar-refractivity contribution >= 4 is 11.8 Å². The van der Waals surface area contributed by atoms with Gasteiger partial charge in [0.15, 0.2) is 6.17 Å². The lowest BCUT2D eigenvalue weighted by molar-refractivity contribution is -1.49. The van der Waals surface area contributed by atoms with Crippen molar-refractivity contribution in [3.8, 4) is 0 Å². The Morgan fingerprint density at radius 2 is 1.85 bits per heavy atom. The van der Waals surface area contributed by atoms with E-state index in [1.807, 2.05) is 6.92 Å². The van der Waals surface area contributed by atoms with Crippen molar-refractivity contribution in [2.24, 2.45) is 5.73 Å². The number of hydrogen-bond donors (Lipinski definition) is 5. The molecule has 0 aliphatic rings. The zero-order valence-electron chi connectivity index (χ0n) is 15.3. The number of likely N-dealkylation sites (N-methyl/N-ethyl adjacent to an activating group) is 1. The van der Waals surface area contributed by atoms with Gasteiger partial charge < -0.3 is 20.6 Å². The van der Waals surface area contributed by atoms with Gasteiger partial charge in [0, 0.05) is 20.5 Å². The minimum atomic E-state index is -0.906. The molecule has 0 aromatic heterocycles. The molecule has 0 heterocycles. The van der Waals surface area contributed by atoms with E-state index < -0.39 is 35.1 Å². The van der Waals surface area contributed by atoms with E-state index in [0.29, 0.717) is 18.4 Å². The van der Waals surface area contributed by atoms with Crippen molar-refractivity contribution in [3.05, 3.63) is 46.3 Å². The molecular weight excluding hydrogens is 340 g/mol. The van der Waals surface area contributed by atoms with E-state index in [4.69, 9.17) is 5.73 Å². The number of nitrogens with zero attached hydrogens (tertiary/aromatic N) is 1. The molecule has 10 heteroatoms. The van der Waals surface area contributed by atoms with Crippen LogP contribution in [0.4, 0.5) is 0 Å². The number of carbonyl (C=O) groups is 2. The van der Waals surface area contributed by atoms with Crippen molar-refractivity contribution in [1.29, 1.82) is 0 Å². The third-order valence-electron chi connectivity index (χ3n) is 3.70. The molecule has 10 nitrogen and oxygen atoms in total. The van der Waals surface area contributed by atoms with Crippen molar-refractivity contribution in [3.63, 3.8) is 0 Å². The quantitative estimate of drug-likeness (QED) is 0.223. The molecule has 26 heavy (non-hydrogen) atoms. The first-order valence-corrected chi connectivity index (χ1v) is 8.41. The van der Waals surface area contributed by atoms with Crippen LogP contribution in [0.3, 0.4) is 0 Å². The maximum Gasteiger partial charge on any atom is 0.249 e. The van der Waals surface area contributed by atoms with E-state index in [1.165, 1.54) is 4.90 Å².